The molecule has 0 rings (SSSR count). The first-order valence-electron chi connectivity index (χ1n) is 31.2. The van der Waals surface area contributed by atoms with Gasteiger partial charge in [0.05, 0.1) is 6.61 Å². The molecule has 0 aromatic rings. The van der Waals surface area contributed by atoms with E-state index >= 15 is 0 Å². The first-order chi connectivity index (χ1) is 33.6. The number of carbonyl (C=O) groups excluding carboxylic acids is 2. The maximum Gasteiger partial charge on any atom is 0.306 e. The molecule has 1 atom stereocenters. The third-order valence-corrected chi connectivity index (χ3v) is 14.6. The summed E-state index contributed by atoms with van der Waals surface area (Å²) in [6.45, 7) is 4.21. The van der Waals surface area contributed by atoms with Crippen molar-refractivity contribution in [1.82, 2.24) is 0 Å². The van der Waals surface area contributed by atoms with E-state index in [0.717, 1.165) is 32.1 Å². The summed E-state index contributed by atoms with van der Waals surface area (Å²) in [5, 5.41) is 9.67. The van der Waals surface area contributed by atoms with Crippen molar-refractivity contribution in [2.75, 3.05) is 13.2 Å². The van der Waals surface area contributed by atoms with Crippen LogP contribution in [-0.2, 0) is 19.1 Å². The van der Waals surface area contributed by atoms with Gasteiger partial charge < -0.3 is 14.6 Å². The number of aliphatic hydroxyl groups excluding tert-OH is 1. The molecule has 0 aromatic heterocycles. The number of hydrogen-bond donors (Lipinski definition) is 1. The second-order valence-electron chi connectivity index (χ2n) is 21.5. The Morgan fingerprint density at radius 2 is 0.544 bits per heavy atom. The number of rotatable bonds is 59. The van der Waals surface area contributed by atoms with E-state index in [1.807, 2.05) is 0 Å². The lowest BCUT2D eigenvalue weighted by Crippen LogP contribution is -2.28. The molecule has 0 heterocycles. The van der Waals surface area contributed by atoms with Gasteiger partial charge in [0.25, 0.3) is 0 Å². The second-order valence-corrected chi connectivity index (χ2v) is 21.5. The van der Waals surface area contributed by atoms with E-state index in [9.17, 15) is 14.7 Å². The molecule has 0 aliphatic heterocycles. The molecule has 1 N–H and O–H groups in total. The molecular formula is C63H122O5. The SMILES string of the molecule is CCCCCCCCCC/C=C\CCCCCCCCCCCCCC(=O)OC(CO)COC(=O)CCCCCCCCCCCCCCCCCCCCCCCCCCCCCCCCC. The predicted octanol–water partition coefficient (Wildman–Crippen LogP) is 21.1. The molecule has 5 heteroatoms. The molecule has 404 valence electrons. The van der Waals surface area contributed by atoms with Crippen molar-refractivity contribution >= 4 is 11.9 Å². The molecule has 0 fully saturated rings. The van der Waals surface area contributed by atoms with E-state index in [1.54, 1.807) is 0 Å². The minimum absolute atomic E-state index is 0.0584. The maximum atomic E-state index is 12.3. The molecular weight excluding hydrogens is 837 g/mol. The fraction of sp³-hybridized carbons (Fsp3) is 0.937. The van der Waals surface area contributed by atoms with Crippen molar-refractivity contribution < 1.29 is 24.2 Å². The summed E-state index contributed by atoms with van der Waals surface area (Å²) in [4.78, 5) is 24.6. The molecule has 1 unspecified atom stereocenters. The van der Waals surface area contributed by atoms with Crippen molar-refractivity contribution in [1.29, 1.82) is 0 Å². The highest BCUT2D eigenvalue weighted by Gasteiger charge is 2.16. The van der Waals surface area contributed by atoms with E-state index in [4.69, 9.17) is 9.47 Å². The van der Waals surface area contributed by atoms with Crippen LogP contribution in [0.4, 0.5) is 0 Å². The lowest BCUT2D eigenvalue weighted by molar-refractivity contribution is -0.161. The predicted molar refractivity (Wildman–Crippen MR) is 298 cm³/mol. The van der Waals surface area contributed by atoms with Gasteiger partial charge >= 0.3 is 11.9 Å². The van der Waals surface area contributed by atoms with Crippen LogP contribution in [0.5, 0.6) is 0 Å². The van der Waals surface area contributed by atoms with Gasteiger partial charge in [0.1, 0.15) is 6.61 Å². The van der Waals surface area contributed by atoms with Crippen LogP contribution in [0.25, 0.3) is 0 Å². The zero-order valence-electron chi connectivity index (χ0n) is 46.4. The van der Waals surface area contributed by atoms with Gasteiger partial charge in [0.15, 0.2) is 6.10 Å². The van der Waals surface area contributed by atoms with E-state index in [0.29, 0.717) is 12.8 Å². The first kappa shape index (κ1) is 66.6. The quantitative estimate of drug-likeness (QED) is 0.0374. The highest BCUT2D eigenvalue weighted by Crippen LogP contribution is 2.18. The summed E-state index contributed by atoms with van der Waals surface area (Å²) in [5.41, 5.74) is 0. The van der Waals surface area contributed by atoms with Crippen molar-refractivity contribution in [3.8, 4) is 0 Å². The lowest BCUT2D eigenvalue weighted by Gasteiger charge is -2.15. The Bertz CT molecular complexity index is 994. The molecule has 0 aliphatic carbocycles. The average molecular weight is 960 g/mol. The lowest BCUT2D eigenvalue weighted by atomic mass is 10.0. The van der Waals surface area contributed by atoms with Crippen LogP contribution in [-0.4, -0.2) is 36.4 Å². The monoisotopic (exact) mass is 959 g/mol. The number of aliphatic hydroxyl groups is 1. The summed E-state index contributed by atoms with van der Waals surface area (Å²) < 4.78 is 10.7. The van der Waals surface area contributed by atoms with Crippen molar-refractivity contribution in [3.63, 3.8) is 0 Å². The number of carbonyl (C=O) groups is 2. The van der Waals surface area contributed by atoms with Crippen LogP contribution in [0.1, 0.15) is 361 Å². The van der Waals surface area contributed by atoms with Gasteiger partial charge in [-0.15, -0.1) is 0 Å². The normalized spacial score (nSPS) is 12.1. The number of ether oxygens (including phenoxy) is 2. The first-order valence-corrected chi connectivity index (χ1v) is 31.2. The van der Waals surface area contributed by atoms with Crippen LogP contribution in [0.15, 0.2) is 12.2 Å². The number of hydrogen-bond acceptors (Lipinski definition) is 5. The Morgan fingerprint density at radius 3 is 0.794 bits per heavy atom. The van der Waals surface area contributed by atoms with Gasteiger partial charge in [-0.2, -0.15) is 0 Å². The van der Waals surface area contributed by atoms with Crippen LogP contribution >= 0.6 is 0 Å². The molecule has 0 bridgehead atoms. The average Bonchev–Trinajstić information content (AvgIpc) is 3.34. The minimum atomic E-state index is -0.768. The van der Waals surface area contributed by atoms with Gasteiger partial charge in [-0.1, -0.05) is 321 Å². The van der Waals surface area contributed by atoms with E-state index in [-0.39, 0.29) is 25.2 Å². The summed E-state index contributed by atoms with van der Waals surface area (Å²) in [5.74, 6) is -0.567. The number of esters is 2. The number of unbranched alkanes of at least 4 members (excludes halogenated alkanes) is 49. The molecule has 0 saturated heterocycles. The standard InChI is InChI=1S/C63H122O5/c1-3-5-7-9-11-13-15-17-19-21-23-25-27-28-29-30-31-32-33-34-36-37-39-41-43-45-47-49-51-53-55-57-62(65)67-60-61(59-64)68-63(66)58-56-54-52-50-48-46-44-42-40-38-35-26-24-22-20-18-16-14-12-10-8-6-4-2/h22,24,61,64H,3-21,23,25-60H2,1-2H3/b24-22-. The van der Waals surface area contributed by atoms with Gasteiger partial charge in [0, 0.05) is 12.8 Å². The van der Waals surface area contributed by atoms with Crippen LogP contribution in [0.2, 0.25) is 0 Å². The summed E-state index contributed by atoms with van der Waals surface area (Å²) in [6, 6.07) is 0. The van der Waals surface area contributed by atoms with Gasteiger partial charge in [-0.3, -0.25) is 9.59 Å². The zero-order chi connectivity index (χ0) is 49.2. The summed E-state index contributed by atoms with van der Waals surface area (Å²) in [6.07, 6.45) is 75.1. The summed E-state index contributed by atoms with van der Waals surface area (Å²) >= 11 is 0. The second kappa shape index (κ2) is 59.9. The van der Waals surface area contributed by atoms with E-state index in [2.05, 4.69) is 26.0 Å². The topological polar surface area (TPSA) is 72.8 Å². The van der Waals surface area contributed by atoms with Crippen molar-refractivity contribution in [2.24, 2.45) is 0 Å². The Labute approximate surface area is 426 Å². The molecule has 0 amide bonds. The molecule has 5 nitrogen and oxygen atoms in total. The minimum Gasteiger partial charge on any atom is -0.462 e. The Hall–Kier alpha value is -1.36. The Kier molecular flexibility index (Phi) is 58.7. The Balaban J connectivity index is 3.38. The largest absolute Gasteiger partial charge is 0.462 e. The van der Waals surface area contributed by atoms with E-state index < -0.39 is 6.10 Å². The molecule has 0 aromatic carbocycles. The molecule has 68 heavy (non-hydrogen) atoms. The highest BCUT2D eigenvalue weighted by molar-refractivity contribution is 5.70. The molecule has 0 saturated carbocycles. The third kappa shape index (κ3) is 57.2. The molecule has 0 spiro atoms. The van der Waals surface area contributed by atoms with Gasteiger partial charge in [-0.05, 0) is 38.5 Å². The highest BCUT2D eigenvalue weighted by atomic mass is 16.6. The van der Waals surface area contributed by atoms with Crippen molar-refractivity contribution in [3.05, 3.63) is 12.2 Å². The third-order valence-electron chi connectivity index (χ3n) is 14.6. The van der Waals surface area contributed by atoms with Crippen LogP contribution in [0, 0.1) is 0 Å². The molecule has 0 radical (unpaired) electrons. The fourth-order valence-electron chi connectivity index (χ4n) is 9.85. The fourth-order valence-corrected chi connectivity index (χ4v) is 9.85. The van der Waals surface area contributed by atoms with Gasteiger partial charge in [-0.25, -0.2) is 0 Å². The van der Waals surface area contributed by atoms with Crippen LogP contribution in [0.3, 0.4) is 0 Å². The van der Waals surface area contributed by atoms with E-state index in [1.165, 1.54) is 302 Å². The molecule has 0 aliphatic rings. The van der Waals surface area contributed by atoms with Crippen molar-refractivity contribution in [2.45, 2.75) is 367 Å². The van der Waals surface area contributed by atoms with Gasteiger partial charge in [0.2, 0.25) is 0 Å². The number of allylic oxidation sites excluding steroid dienone is 2. The maximum absolute atomic E-state index is 12.3. The summed E-state index contributed by atoms with van der Waals surface area (Å²) in [7, 11) is 0. The van der Waals surface area contributed by atoms with Crippen LogP contribution < -0.4 is 0 Å². The smallest absolute Gasteiger partial charge is 0.306 e. The zero-order valence-corrected chi connectivity index (χ0v) is 46.4. The Morgan fingerprint density at radius 1 is 0.324 bits per heavy atom.